The van der Waals surface area contributed by atoms with Crippen LogP contribution in [0, 0.1) is 12.7 Å². The first-order valence-electron chi connectivity index (χ1n) is 5.58. The lowest BCUT2D eigenvalue weighted by molar-refractivity contribution is 0.372. The molecule has 18 heavy (non-hydrogen) atoms. The quantitative estimate of drug-likeness (QED) is 0.862. The van der Waals surface area contributed by atoms with Crippen molar-refractivity contribution in [1.82, 2.24) is 15.5 Å². The molecule has 0 aliphatic rings. The molecule has 4 nitrogen and oxygen atoms in total. The van der Waals surface area contributed by atoms with E-state index in [1.54, 1.807) is 6.92 Å². The summed E-state index contributed by atoms with van der Waals surface area (Å²) in [6.07, 6.45) is 0.664. The van der Waals surface area contributed by atoms with Crippen LogP contribution in [0.4, 0.5) is 4.39 Å². The second-order valence-electron chi connectivity index (χ2n) is 3.94. The van der Waals surface area contributed by atoms with Gasteiger partial charge in [0.05, 0.1) is 0 Å². The van der Waals surface area contributed by atoms with E-state index in [9.17, 15) is 4.39 Å². The van der Waals surface area contributed by atoms with Gasteiger partial charge in [0.2, 0.25) is 5.89 Å². The highest BCUT2D eigenvalue weighted by Gasteiger charge is 2.02. The van der Waals surface area contributed by atoms with Crippen LogP contribution in [0.25, 0.3) is 0 Å². The Balaban J connectivity index is 1.78. The molecule has 0 aliphatic carbocycles. The number of hydrogen-bond donors (Lipinski definition) is 1. The summed E-state index contributed by atoms with van der Waals surface area (Å²) in [4.78, 5) is 4.10. The van der Waals surface area contributed by atoms with E-state index >= 15 is 0 Å². The number of nitrogens with one attached hydrogen (secondary N) is 1. The van der Waals surface area contributed by atoms with Gasteiger partial charge in [0.25, 0.3) is 0 Å². The molecular weight excluding hydrogens is 301 g/mol. The average Bonchev–Trinajstić information content (AvgIpc) is 2.69. The molecule has 0 fully saturated rings. The van der Waals surface area contributed by atoms with Gasteiger partial charge in [-0.25, -0.2) is 4.39 Å². The second kappa shape index (κ2) is 6.06. The van der Waals surface area contributed by atoms with Crippen LogP contribution in [0.1, 0.15) is 17.3 Å². The molecule has 0 atom stereocenters. The summed E-state index contributed by atoms with van der Waals surface area (Å²) in [5.41, 5.74) is 0.892. The third-order valence-corrected chi connectivity index (χ3v) is 2.79. The highest BCUT2D eigenvalue weighted by Crippen LogP contribution is 2.14. The highest BCUT2D eigenvalue weighted by atomic mass is 79.9. The molecule has 0 saturated carbocycles. The van der Waals surface area contributed by atoms with Gasteiger partial charge in [-0.2, -0.15) is 4.98 Å². The minimum absolute atomic E-state index is 0.242. The van der Waals surface area contributed by atoms with Crippen molar-refractivity contribution in [3.05, 3.63) is 45.8 Å². The zero-order valence-corrected chi connectivity index (χ0v) is 11.5. The fourth-order valence-electron chi connectivity index (χ4n) is 1.58. The first-order chi connectivity index (χ1) is 8.63. The smallest absolute Gasteiger partial charge is 0.227 e. The van der Waals surface area contributed by atoms with E-state index < -0.39 is 0 Å². The Morgan fingerprint density at radius 2 is 2.22 bits per heavy atom. The molecule has 96 valence electrons. The average molecular weight is 314 g/mol. The topological polar surface area (TPSA) is 51.0 Å². The first-order valence-corrected chi connectivity index (χ1v) is 6.37. The molecule has 0 aliphatic heterocycles. The third-order valence-electron chi connectivity index (χ3n) is 2.34. The summed E-state index contributed by atoms with van der Waals surface area (Å²) >= 11 is 3.26. The summed E-state index contributed by atoms with van der Waals surface area (Å²) in [5.74, 6) is 1.01. The number of hydrogen-bond acceptors (Lipinski definition) is 4. The summed E-state index contributed by atoms with van der Waals surface area (Å²) < 4.78 is 18.8. The summed E-state index contributed by atoms with van der Waals surface area (Å²) in [6, 6.07) is 4.83. The molecule has 6 heteroatoms. The predicted octanol–water partition coefficient (Wildman–Crippen LogP) is 2.61. The molecule has 1 N–H and O–H groups in total. The van der Waals surface area contributed by atoms with Crippen LogP contribution < -0.4 is 5.32 Å². The van der Waals surface area contributed by atoms with Crippen molar-refractivity contribution in [2.45, 2.75) is 19.9 Å². The monoisotopic (exact) mass is 313 g/mol. The predicted molar refractivity (Wildman–Crippen MR) is 68.5 cm³/mol. The maximum Gasteiger partial charge on any atom is 0.227 e. The molecule has 0 spiro atoms. The number of benzene rings is 1. The normalized spacial score (nSPS) is 10.8. The zero-order valence-electron chi connectivity index (χ0n) is 9.91. The molecule has 0 saturated heterocycles. The standard InChI is InChI=1S/C12H13BrFN3O/c1-8-16-12(18-17-8)2-3-15-7-9-4-10(13)6-11(14)5-9/h4-6,15H,2-3,7H2,1H3. The van der Waals surface area contributed by atoms with E-state index in [1.165, 1.54) is 12.1 Å². The molecule has 2 aromatic rings. The van der Waals surface area contributed by atoms with Crippen molar-refractivity contribution < 1.29 is 8.91 Å². The van der Waals surface area contributed by atoms with Gasteiger partial charge in [0.15, 0.2) is 5.82 Å². The van der Waals surface area contributed by atoms with Crippen LogP contribution in [0.2, 0.25) is 0 Å². The van der Waals surface area contributed by atoms with Crippen LogP contribution >= 0.6 is 15.9 Å². The van der Waals surface area contributed by atoms with Crippen molar-refractivity contribution in [2.24, 2.45) is 0 Å². The van der Waals surface area contributed by atoms with Crippen LogP contribution in [0.5, 0.6) is 0 Å². The lowest BCUT2D eigenvalue weighted by Crippen LogP contribution is -2.16. The number of aryl methyl sites for hydroxylation is 1. The number of halogens is 2. The molecule has 0 unspecified atom stereocenters. The minimum atomic E-state index is -0.242. The van der Waals surface area contributed by atoms with Gasteiger partial charge in [-0.05, 0) is 30.7 Å². The van der Waals surface area contributed by atoms with E-state index in [0.717, 1.165) is 10.0 Å². The number of rotatable bonds is 5. The highest BCUT2D eigenvalue weighted by molar-refractivity contribution is 9.10. The molecule has 0 amide bonds. The molecule has 0 bridgehead atoms. The van der Waals surface area contributed by atoms with Gasteiger partial charge < -0.3 is 9.84 Å². The van der Waals surface area contributed by atoms with Crippen LogP contribution in [0.3, 0.4) is 0 Å². The minimum Gasteiger partial charge on any atom is -0.339 e. The van der Waals surface area contributed by atoms with Crippen molar-refractivity contribution in [2.75, 3.05) is 6.54 Å². The summed E-state index contributed by atoms with van der Waals surface area (Å²) in [7, 11) is 0. The van der Waals surface area contributed by atoms with Crippen molar-refractivity contribution >= 4 is 15.9 Å². The fraction of sp³-hybridized carbons (Fsp3) is 0.333. The first kappa shape index (κ1) is 13.2. The molecule has 2 rings (SSSR count). The largest absolute Gasteiger partial charge is 0.339 e. The van der Waals surface area contributed by atoms with E-state index in [-0.39, 0.29) is 5.82 Å². The van der Waals surface area contributed by atoms with Gasteiger partial charge in [0.1, 0.15) is 5.82 Å². The van der Waals surface area contributed by atoms with E-state index in [4.69, 9.17) is 4.52 Å². The van der Waals surface area contributed by atoms with Crippen molar-refractivity contribution in [3.63, 3.8) is 0 Å². The second-order valence-corrected chi connectivity index (χ2v) is 4.86. The van der Waals surface area contributed by atoms with Gasteiger partial charge in [-0.15, -0.1) is 0 Å². The Labute approximate surface area is 113 Å². The van der Waals surface area contributed by atoms with E-state index in [0.29, 0.717) is 31.2 Å². The molecule has 0 radical (unpaired) electrons. The van der Waals surface area contributed by atoms with Gasteiger partial charge in [0, 0.05) is 24.0 Å². The van der Waals surface area contributed by atoms with Crippen LogP contribution in [0.15, 0.2) is 27.2 Å². The number of nitrogens with zero attached hydrogens (tertiary/aromatic N) is 2. The lowest BCUT2D eigenvalue weighted by Gasteiger charge is -2.04. The summed E-state index contributed by atoms with van der Waals surface area (Å²) in [5, 5.41) is 6.91. The van der Waals surface area contributed by atoms with Gasteiger partial charge in [-0.3, -0.25) is 0 Å². The SMILES string of the molecule is Cc1noc(CCNCc2cc(F)cc(Br)c2)n1. The lowest BCUT2D eigenvalue weighted by atomic mass is 10.2. The van der Waals surface area contributed by atoms with Gasteiger partial charge in [-0.1, -0.05) is 21.1 Å². The summed E-state index contributed by atoms with van der Waals surface area (Å²) in [6.45, 7) is 3.09. The molecular formula is C12H13BrFN3O. The zero-order chi connectivity index (χ0) is 13.0. The Hall–Kier alpha value is -1.27. The van der Waals surface area contributed by atoms with Crippen molar-refractivity contribution in [3.8, 4) is 0 Å². The van der Waals surface area contributed by atoms with E-state index in [2.05, 4.69) is 31.4 Å². The number of aromatic nitrogens is 2. The van der Waals surface area contributed by atoms with Crippen LogP contribution in [-0.2, 0) is 13.0 Å². The Kier molecular flexibility index (Phi) is 4.43. The third kappa shape index (κ3) is 3.89. The molecule has 1 aromatic heterocycles. The van der Waals surface area contributed by atoms with Crippen LogP contribution in [-0.4, -0.2) is 16.7 Å². The maximum absolute atomic E-state index is 13.1. The Morgan fingerprint density at radius 1 is 1.39 bits per heavy atom. The Bertz CT molecular complexity index is 510. The van der Waals surface area contributed by atoms with Gasteiger partial charge >= 0.3 is 0 Å². The molecule has 1 aromatic carbocycles. The maximum atomic E-state index is 13.1. The van der Waals surface area contributed by atoms with Crippen molar-refractivity contribution in [1.29, 1.82) is 0 Å². The van der Waals surface area contributed by atoms with E-state index in [1.807, 2.05) is 6.07 Å². The fourth-order valence-corrected chi connectivity index (χ4v) is 2.10. The Morgan fingerprint density at radius 3 is 2.89 bits per heavy atom. The molecule has 1 heterocycles.